The van der Waals surface area contributed by atoms with Crippen LogP contribution >= 0.6 is 11.3 Å². The molecular formula is C28H21N3O4S. The predicted molar refractivity (Wildman–Crippen MR) is 138 cm³/mol. The van der Waals surface area contributed by atoms with E-state index in [1.54, 1.807) is 11.6 Å². The number of rotatable bonds is 5. The normalized spacial score (nSPS) is 14.9. The van der Waals surface area contributed by atoms with E-state index >= 15 is 0 Å². The molecule has 5 aromatic rings. The summed E-state index contributed by atoms with van der Waals surface area (Å²) in [7, 11) is 0. The number of hydrogen-bond acceptors (Lipinski definition) is 7. The molecule has 0 spiro atoms. The summed E-state index contributed by atoms with van der Waals surface area (Å²) in [6, 6.07) is 20.2. The van der Waals surface area contributed by atoms with Crippen molar-refractivity contribution in [3.8, 4) is 5.75 Å². The van der Waals surface area contributed by atoms with Gasteiger partial charge in [0.1, 0.15) is 23.4 Å². The molecule has 6 rings (SSSR count). The quantitative estimate of drug-likeness (QED) is 0.316. The summed E-state index contributed by atoms with van der Waals surface area (Å²) in [4.78, 5) is 28.9. The molecule has 8 heteroatoms. The summed E-state index contributed by atoms with van der Waals surface area (Å²) in [6.07, 6.45) is 0. The van der Waals surface area contributed by atoms with E-state index in [-0.39, 0.29) is 11.2 Å². The van der Waals surface area contributed by atoms with Crippen LogP contribution in [0.15, 0.2) is 81.5 Å². The van der Waals surface area contributed by atoms with Crippen LogP contribution in [0.5, 0.6) is 5.75 Å². The van der Waals surface area contributed by atoms with Gasteiger partial charge in [-0.1, -0.05) is 53.8 Å². The molecule has 1 atom stereocenters. The summed E-state index contributed by atoms with van der Waals surface area (Å²) in [5, 5.41) is 8.89. The molecule has 178 valence electrons. The third-order valence-electron chi connectivity index (χ3n) is 6.46. The number of benzene rings is 3. The average molecular weight is 496 g/mol. The molecule has 2 aromatic heterocycles. The van der Waals surface area contributed by atoms with Crippen molar-refractivity contribution in [3.63, 3.8) is 0 Å². The number of amides is 1. The van der Waals surface area contributed by atoms with E-state index in [1.807, 2.05) is 74.5 Å². The molecular weight excluding hydrogens is 474 g/mol. The van der Waals surface area contributed by atoms with Gasteiger partial charge in [-0.3, -0.25) is 14.5 Å². The molecule has 0 saturated heterocycles. The van der Waals surface area contributed by atoms with Crippen molar-refractivity contribution in [1.82, 2.24) is 10.2 Å². The summed E-state index contributed by atoms with van der Waals surface area (Å²) >= 11 is 1.23. The van der Waals surface area contributed by atoms with Crippen LogP contribution < -0.4 is 15.1 Å². The standard InChI is InChI=1S/C28H21N3O4S/c1-16-11-21-22(12-17(16)2)35-26-23(25(21)32)24(31(27(26)33)28-30-29-15-36-28)19-9-6-10-20(13-19)34-14-18-7-4-3-5-8-18/h3-13,15,24H,14H2,1-2H3. The Hall–Kier alpha value is -4.30. The molecule has 0 N–H and O–H groups in total. The first-order chi connectivity index (χ1) is 17.5. The van der Waals surface area contributed by atoms with Crippen molar-refractivity contribution in [2.24, 2.45) is 0 Å². The number of carbonyl (C=O) groups excluding carboxylic acids is 1. The van der Waals surface area contributed by atoms with Crippen molar-refractivity contribution >= 4 is 33.3 Å². The van der Waals surface area contributed by atoms with Crippen molar-refractivity contribution in [3.05, 3.63) is 116 Å². The largest absolute Gasteiger partial charge is 0.489 e. The van der Waals surface area contributed by atoms with Crippen molar-refractivity contribution in [2.45, 2.75) is 26.5 Å². The lowest BCUT2D eigenvalue weighted by atomic mass is 9.97. The summed E-state index contributed by atoms with van der Waals surface area (Å²) in [5.74, 6) is 0.247. The fraction of sp³-hybridized carbons (Fsp3) is 0.143. The Kier molecular flexibility index (Phi) is 5.38. The van der Waals surface area contributed by atoms with Crippen molar-refractivity contribution < 1.29 is 13.9 Å². The van der Waals surface area contributed by atoms with E-state index < -0.39 is 11.9 Å². The zero-order chi connectivity index (χ0) is 24.8. The van der Waals surface area contributed by atoms with E-state index in [2.05, 4.69) is 10.2 Å². The highest BCUT2D eigenvalue weighted by Crippen LogP contribution is 2.42. The van der Waals surface area contributed by atoms with Crippen LogP contribution in [0.25, 0.3) is 11.0 Å². The fourth-order valence-electron chi connectivity index (χ4n) is 4.53. The maximum atomic E-state index is 13.8. The van der Waals surface area contributed by atoms with E-state index in [0.29, 0.717) is 34.0 Å². The first-order valence-corrected chi connectivity index (χ1v) is 12.3. The molecule has 7 nitrogen and oxygen atoms in total. The summed E-state index contributed by atoms with van der Waals surface area (Å²) in [6.45, 7) is 4.29. The van der Waals surface area contributed by atoms with Crippen LogP contribution in [0.2, 0.25) is 0 Å². The molecule has 1 amide bonds. The second kappa shape index (κ2) is 8.73. The Balaban J connectivity index is 1.49. The van der Waals surface area contributed by atoms with Crippen molar-refractivity contribution in [2.75, 3.05) is 4.90 Å². The highest BCUT2D eigenvalue weighted by atomic mass is 32.1. The van der Waals surface area contributed by atoms with Gasteiger partial charge in [0.25, 0.3) is 5.91 Å². The van der Waals surface area contributed by atoms with E-state index in [9.17, 15) is 9.59 Å². The molecule has 3 heterocycles. The summed E-state index contributed by atoms with van der Waals surface area (Å²) in [5.41, 5.74) is 5.75. The highest BCUT2D eigenvalue weighted by molar-refractivity contribution is 7.13. The topological polar surface area (TPSA) is 85.5 Å². The highest BCUT2D eigenvalue weighted by Gasteiger charge is 2.45. The smallest absolute Gasteiger partial charge is 0.297 e. The SMILES string of the molecule is Cc1cc2oc3c(c(=O)c2cc1C)C(c1cccc(OCc2ccccc2)c1)N(c1nncs1)C3=O. The minimum atomic E-state index is -0.719. The van der Waals surface area contributed by atoms with Crippen LogP contribution in [-0.2, 0) is 6.61 Å². The molecule has 0 bridgehead atoms. The molecule has 0 fully saturated rings. The van der Waals surface area contributed by atoms with Gasteiger partial charge < -0.3 is 9.15 Å². The van der Waals surface area contributed by atoms with Gasteiger partial charge >= 0.3 is 0 Å². The molecule has 0 saturated carbocycles. The molecule has 1 aliphatic rings. The number of carbonyl (C=O) groups is 1. The second-order valence-corrected chi connectivity index (χ2v) is 9.56. The van der Waals surface area contributed by atoms with Gasteiger partial charge in [0.05, 0.1) is 17.0 Å². The first kappa shape index (κ1) is 22.2. The minimum absolute atomic E-state index is 0.0339. The number of nitrogens with zero attached hydrogens (tertiary/aromatic N) is 3. The lowest BCUT2D eigenvalue weighted by molar-refractivity contribution is 0.0970. The number of anilines is 1. The van der Waals surface area contributed by atoms with Gasteiger partial charge in [0.2, 0.25) is 10.9 Å². The number of aromatic nitrogens is 2. The lowest BCUT2D eigenvalue weighted by Gasteiger charge is -2.22. The molecule has 1 aliphatic heterocycles. The number of fused-ring (bicyclic) bond motifs is 2. The van der Waals surface area contributed by atoms with Gasteiger partial charge in [0.15, 0.2) is 5.43 Å². The van der Waals surface area contributed by atoms with Crippen molar-refractivity contribution in [1.29, 1.82) is 0 Å². The van der Waals surface area contributed by atoms with Gasteiger partial charge in [-0.05, 0) is 60.4 Å². The predicted octanol–water partition coefficient (Wildman–Crippen LogP) is 5.59. The lowest BCUT2D eigenvalue weighted by Crippen LogP contribution is -2.29. The first-order valence-electron chi connectivity index (χ1n) is 11.5. The fourth-order valence-corrected chi connectivity index (χ4v) is 5.11. The molecule has 1 unspecified atom stereocenters. The van der Waals surface area contributed by atoms with Crippen LogP contribution in [0.1, 0.15) is 44.4 Å². The number of aryl methyl sites for hydroxylation is 2. The molecule has 0 aliphatic carbocycles. The number of hydrogen-bond donors (Lipinski definition) is 0. The second-order valence-electron chi connectivity index (χ2n) is 8.75. The summed E-state index contributed by atoms with van der Waals surface area (Å²) < 4.78 is 12.1. The van der Waals surface area contributed by atoms with E-state index in [4.69, 9.17) is 9.15 Å². The Labute approximate surface area is 210 Å². The third kappa shape index (κ3) is 3.67. The molecule has 3 aromatic carbocycles. The Morgan fingerprint density at radius 2 is 1.81 bits per heavy atom. The van der Waals surface area contributed by atoms with Gasteiger partial charge in [0, 0.05) is 0 Å². The van der Waals surface area contributed by atoms with Crippen LogP contribution in [0.4, 0.5) is 5.13 Å². The maximum Gasteiger partial charge on any atom is 0.297 e. The molecule has 36 heavy (non-hydrogen) atoms. The third-order valence-corrected chi connectivity index (χ3v) is 7.15. The Bertz CT molecular complexity index is 1660. The minimum Gasteiger partial charge on any atom is -0.489 e. The van der Waals surface area contributed by atoms with E-state index in [1.165, 1.54) is 16.2 Å². The van der Waals surface area contributed by atoms with Crippen LogP contribution in [0, 0.1) is 13.8 Å². The Morgan fingerprint density at radius 1 is 1.00 bits per heavy atom. The maximum absolute atomic E-state index is 13.8. The van der Waals surface area contributed by atoms with E-state index in [0.717, 1.165) is 22.3 Å². The zero-order valence-electron chi connectivity index (χ0n) is 19.6. The zero-order valence-corrected chi connectivity index (χ0v) is 20.4. The van der Waals surface area contributed by atoms with Gasteiger partial charge in [-0.15, -0.1) is 10.2 Å². The average Bonchev–Trinajstić information content (AvgIpc) is 3.52. The van der Waals surface area contributed by atoms with Crippen LogP contribution in [0.3, 0.4) is 0 Å². The van der Waals surface area contributed by atoms with Gasteiger partial charge in [-0.25, -0.2) is 0 Å². The van der Waals surface area contributed by atoms with Gasteiger partial charge in [-0.2, -0.15) is 0 Å². The monoisotopic (exact) mass is 495 g/mol. The Morgan fingerprint density at radius 3 is 2.58 bits per heavy atom. The van der Waals surface area contributed by atoms with Crippen LogP contribution in [-0.4, -0.2) is 16.1 Å². The molecule has 0 radical (unpaired) electrons. The number of ether oxygens (including phenoxy) is 1.